The molecule has 0 spiro atoms. The number of nitrogens with one attached hydrogen (secondary N) is 3. The number of carbonyl (C=O) groups excluding carboxylic acids is 2. The molecular formula is C23H20N4O2. The first-order chi connectivity index (χ1) is 14.2. The van der Waals surface area contributed by atoms with Crippen LogP contribution >= 0.6 is 0 Å². The maximum absolute atomic E-state index is 12.8. The van der Waals surface area contributed by atoms with Crippen molar-refractivity contribution < 1.29 is 9.59 Å². The molecule has 2 heterocycles. The number of hydrazine groups is 1. The Morgan fingerprint density at radius 2 is 1.69 bits per heavy atom. The summed E-state index contributed by atoms with van der Waals surface area (Å²) in [6, 6.07) is 16.7. The van der Waals surface area contributed by atoms with Crippen LogP contribution in [0.1, 0.15) is 44.9 Å². The van der Waals surface area contributed by atoms with E-state index in [9.17, 15) is 9.59 Å². The van der Waals surface area contributed by atoms with E-state index in [-0.39, 0.29) is 11.6 Å². The van der Waals surface area contributed by atoms with Crippen LogP contribution in [-0.2, 0) is 12.8 Å². The summed E-state index contributed by atoms with van der Waals surface area (Å²) >= 11 is 0. The van der Waals surface area contributed by atoms with E-state index in [1.807, 2.05) is 42.5 Å². The average molecular weight is 384 g/mol. The molecule has 3 N–H and O–H groups in total. The molecule has 1 aliphatic rings. The van der Waals surface area contributed by atoms with E-state index in [1.54, 1.807) is 12.1 Å². The number of fused-ring (bicyclic) bond motifs is 4. The minimum atomic E-state index is -0.456. The third kappa shape index (κ3) is 3.12. The van der Waals surface area contributed by atoms with Crippen molar-refractivity contribution in [3.05, 3.63) is 77.1 Å². The zero-order chi connectivity index (χ0) is 19.8. The highest BCUT2D eigenvalue weighted by molar-refractivity contribution is 6.07. The van der Waals surface area contributed by atoms with Crippen LogP contribution in [0.2, 0.25) is 0 Å². The zero-order valence-electron chi connectivity index (χ0n) is 15.8. The molecule has 2 aromatic carbocycles. The number of hydrogen-bond acceptors (Lipinski definition) is 3. The van der Waals surface area contributed by atoms with Crippen molar-refractivity contribution in [2.45, 2.75) is 25.7 Å². The van der Waals surface area contributed by atoms with E-state index in [4.69, 9.17) is 0 Å². The topological polar surface area (TPSA) is 86.9 Å². The molecular weight excluding hydrogens is 364 g/mol. The summed E-state index contributed by atoms with van der Waals surface area (Å²) in [5, 5.41) is 2.05. The summed E-state index contributed by atoms with van der Waals surface area (Å²) in [5.41, 5.74) is 9.85. The van der Waals surface area contributed by atoms with Gasteiger partial charge in [-0.3, -0.25) is 20.4 Å². The first-order valence-corrected chi connectivity index (χ1v) is 9.79. The zero-order valence-corrected chi connectivity index (χ0v) is 15.8. The van der Waals surface area contributed by atoms with Crippen LogP contribution in [0.3, 0.4) is 0 Å². The van der Waals surface area contributed by atoms with Crippen molar-refractivity contribution in [1.82, 2.24) is 20.8 Å². The smallest absolute Gasteiger partial charge is 0.288 e. The second kappa shape index (κ2) is 7.05. The predicted molar refractivity (Wildman–Crippen MR) is 112 cm³/mol. The van der Waals surface area contributed by atoms with E-state index < -0.39 is 5.91 Å². The lowest BCUT2D eigenvalue weighted by Crippen LogP contribution is -2.42. The van der Waals surface area contributed by atoms with Gasteiger partial charge in [0.2, 0.25) is 0 Å². The van der Waals surface area contributed by atoms with Gasteiger partial charge < -0.3 is 4.98 Å². The molecule has 0 atom stereocenters. The second-order valence-corrected chi connectivity index (χ2v) is 7.31. The van der Waals surface area contributed by atoms with Gasteiger partial charge in [0.1, 0.15) is 5.69 Å². The van der Waals surface area contributed by atoms with Gasteiger partial charge in [0.05, 0.1) is 16.6 Å². The number of aromatic amines is 1. The first-order valence-electron chi connectivity index (χ1n) is 9.79. The van der Waals surface area contributed by atoms with Crippen LogP contribution in [0.5, 0.6) is 0 Å². The van der Waals surface area contributed by atoms with Crippen molar-refractivity contribution in [1.29, 1.82) is 0 Å². The molecule has 5 rings (SSSR count). The maximum Gasteiger partial charge on any atom is 0.288 e. The van der Waals surface area contributed by atoms with Crippen LogP contribution < -0.4 is 10.9 Å². The normalized spacial score (nSPS) is 13.2. The molecule has 0 radical (unpaired) electrons. The average Bonchev–Trinajstić information content (AvgIpc) is 3.15. The molecule has 0 saturated heterocycles. The van der Waals surface area contributed by atoms with E-state index in [0.717, 1.165) is 41.1 Å². The predicted octanol–water partition coefficient (Wildman–Crippen LogP) is 3.67. The Labute approximate surface area is 167 Å². The fourth-order valence-electron chi connectivity index (χ4n) is 4.06. The van der Waals surface area contributed by atoms with Gasteiger partial charge >= 0.3 is 0 Å². The number of H-pyrrole nitrogens is 1. The Morgan fingerprint density at radius 3 is 2.62 bits per heavy atom. The summed E-state index contributed by atoms with van der Waals surface area (Å²) in [5.74, 6) is -0.814. The van der Waals surface area contributed by atoms with Gasteiger partial charge in [-0.15, -0.1) is 0 Å². The van der Waals surface area contributed by atoms with Gasteiger partial charge in [-0.05, 0) is 49.4 Å². The van der Waals surface area contributed by atoms with Gasteiger partial charge in [-0.1, -0.05) is 36.4 Å². The van der Waals surface area contributed by atoms with Crippen molar-refractivity contribution in [3.63, 3.8) is 0 Å². The number of para-hydroxylation sites is 2. The first kappa shape index (κ1) is 17.4. The lowest BCUT2D eigenvalue weighted by atomic mass is 9.95. The highest BCUT2D eigenvalue weighted by Crippen LogP contribution is 2.30. The van der Waals surface area contributed by atoms with Crippen molar-refractivity contribution in [2.75, 3.05) is 0 Å². The van der Waals surface area contributed by atoms with Gasteiger partial charge in [-0.2, -0.15) is 0 Å². The quantitative estimate of drug-likeness (QED) is 0.461. The van der Waals surface area contributed by atoms with E-state index in [2.05, 4.69) is 20.8 Å². The highest BCUT2D eigenvalue weighted by Gasteiger charge is 2.19. The van der Waals surface area contributed by atoms with Crippen LogP contribution in [-0.4, -0.2) is 21.8 Å². The number of benzene rings is 2. The summed E-state index contributed by atoms with van der Waals surface area (Å²) < 4.78 is 0. The number of rotatable bonds is 2. The van der Waals surface area contributed by atoms with Crippen LogP contribution in [0.4, 0.5) is 0 Å². The monoisotopic (exact) mass is 384 g/mol. The number of hydrogen-bond donors (Lipinski definition) is 3. The second-order valence-electron chi connectivity index (χ2n) is 7.31. The highest BCUT2D eigenvalue weighted by atomic mass is 16.2. The largest absolute Gasteiger partial charge is 0.358 e. The number of nitrogens with zero attached hydrogens (tertiary/aromatic N) is 1. The number of amides is 2. The lowest BCUT2D eigenvalue weighted by Gasteiger charge is -2.10. The molecule has 6 heteroatoms. The molecule has 0 fully saturated rings. The van der Waals surface area contributed by atoms with Crippen molar-refractivity contribution in [3.8, 4) is 0 Å². The molecule has 6 nitrogen and oxygen atoms in total. The number of aryl methyl sites for hydroxylation is 2. The Kier molecular flexibility index (Phi) is 4.24. The van der Waals surface area contributed by atoms with E-state index >= 15 is 0 Å². The summed E-state index contributed by atoms with van der Waals surface area (Å²) in [6.45, 7) is 0. The molecule has 2 amide bonds. The summed E-state index contributed by atoms with van der Waals surface area (Å²) in [6.07, 6.45) is 4.38. The van der Waals surface area contributed by atoms with Gasteiger partial charge in [-0.25, -0.2) is 4.98 Å². The summed E-state index contributed by atoms with van der Waals surface area (Å²) in [4.78, 5) is 33.0. The molecule has 4 aromatic rings. The molecule has 144 valence electrons. The third-order valence-corrected chi connectivity index (χ3v) is 5.50. The molecule has 29 heavy (non-hydrogen) atoms. The van der Waals surface area contributed by atoms with Crippen LogP contribution in [0.15, 0.2) is 54.6 Å². The SMILES string of the molecule is O=C(NNC(=O)c1cccc2c3c([nH]c12)CCCC3)c1ccc2ccccc2n1. The Hall–Kier alpha value is -3.67. The minimum Gasteiger partial charge on any atom is -0.358 e. The van der Waals surface area contributed by atoms with Crippen molar-refractivity contribution in [2.24, 2.45) is 0 Å². The van der Waals surface area contributed by atoms with E-state index in [1.165, 1.54) is 17.7 Å². The Morgan fingerprint density at radius 1 is 0.862 bits per heavy atom. The molecule has 1 aliphatic carbocycles. The van der Waals surface area contributed by atoms with Crippen LogP contribution in [0, 0.1) is 0 Å². The molecule has 0 unspecified atom stereocenters. The Bertz CT molecular complexity index is 1260. The summed E-state index contributed by atoms with van der Waals surface area (Å²) in [7, 11) is 0. The standard InChI is InChI=1S/C23H20N4O2/c28-22(17-9-5-8-16-15-7-2-4-11-19(15)25-21(16)17)26-27-23(29)20-13-12-14-6-1-3-10-18(14)24-20/h1,3,5-6,8-10,12-13,25H,2,4,7,11H2,(H,26,28)(H,27,29). The van der Waals surface area contributed by atoms with Gasteiger partial charge in [0, 0.05) is 16.5 Å². The molecule has 0 aliphatic heterocycles. The fraction of sp³-hybridized carbons (Fsp3) is 0.174. The van der Waals surface area contributed by atoms with Crippen LogP contribution in [0.25, 0.3) is 21.8 Å². The minimum absolute atomic E-state index is 0.248. The number of pyridine rings is 1. The Balaban J connectivity index is 1.36. The molecule has 0 bridgehead atoms. The molecule has 0 saturated carbocycles. The maximum atomic E-state index is 12.8. The van der Waals surface area contributed by atoms with Gasteiger partial charge in [0.25, 0.3) is 11.8 Å². The number of aromatic nitrogens is 2. The third-order valence-electron chi connectivity index (χ3n) is 5.50. The van der Waals surface area contributed by atoms with Crippen molar-refractivity contribution >= 4 is 33.6 Å². The van der Waals surface area contributed by atoms with E-state index in [0.29, 0.717) is 5.56 Å². The molecule has 2 aromatic heterocycles. The lowest BCUT2D eigenvalue weighted by molar-refractivity contribution is 0.0845. The van der Waals surface area contributed by atoms with Gasteiger partial charge in [0.15, 0.2) is 0 Å². The number of carbonyl (C=O) groups is 2. The fourth-order valence-corrected chi connectivity index (χ4v) is 4.06.